The number of carbonyl (C=O) groups excluding carboxylic acids is 4. The maximum atomic E-state index is 14.3. The summed E-state index contributed by atoms with van der Waals surface area (Å²) in [5, 5.41) is 15.8. The first-order valence-electron chi connectivity index (χ1n) is 18.7. The number of nitrogens with two attached hydrogens (primary N) is 1. The van der Waals surface area contributed by atoms with Crippen LogP contribution >= 0.6 is 0 Å². The van der Waals surface area contributed by atoms with Gasteiger partial charge in [0.05, 0.1) is 48.2 Å². The van der Waals surface area contributed by atoms with Crippen molar-refractivity contribution in [3.8, 4) is 5.75 Å². The van der Waals surface area contributed by atoms with Crippen molar-refractivity contribution in [2.45, 2.75) is 109 Å². The van der Waals surface area contributed by atoms with Crippen LogP contribution in [0.3, 0.4) is 0 Å². The molecule has 15 heteroatoms. The number of ether oxygens (including phenoxy) is 2. The van der Waals surface area contributed by atoms with Crippen LogP contribution in [0.1, 0.15) is 95.3 Å². The first-order valence-corrected chi connectivity index (χ1v) is 18.7. The molecule has 0 saturated carbocycles. The van der Waals surface area contributed by atoms with Gasteiger partial charge in [-0.3, -0.25) is 19.2 Å². The molecule has 4 atom stereocenters. The molecule has 0 aromatic heterocycles. The quantitative estimate of drug-likeness (QED) is 0.127. The number of anilines is 3. The van der Waals surface area contributed by atoms with Gasteiger partial charge in [0, 0.05) is 57.6 Å². The fraction of sp³-hybridized carbons (Fsp3) is 0.590. The van der Waals surface area contributed by atoms with Crippen molar-refractivity contribution in [2.24, 2.45) is 5.92 Å². The van der Waals surface area contributed by atoms with Crippen LogP contribution in [0.25, 0.3) is 0 Å². The minimum atomic E-state index is -4.45. The number of unbranched alkanes of at least 4 members (excludes halogenated alkanes) is 2. The van der Waals surface area contributed by atoms with Crippen molar-refractivity contribution >= 4 is 40.7 Å². The van der Waals surface area contributed by atoms with Gasteiger partial charge in [-0.15, -0.1) is 0 Å². The third kappa shape index (κ3) is 14.8. The van der Waals surface area contributed by atoms with Crippen LogP contribution in [0, 0.1) is 5.92 Å². The average molecular weight is 764 g/mol. The van der Waals surface area contributed by atoms with Crippen molar-refractivity contribution in [1.29, 1.82) is 0 Å². The summed E-state index contributed by atoms with van der Waals surface area (Å²) in [5.41, 5.74) is 7.49. The Hall–Kier alpha value is -4.37. The molecule has 1 aliphatic heterocycles. The number of nitrogens with zero attached hydrogens (tertiary/aromatic N) is 2. The molecule has 0 bridgehead atoms. The number of benzene rings is 2. The van der Waals surface area contributed by atoms with Crippen LogP contribution in [-0.2, 0) is 19.1 Å². The van der Waals surface area contributed by atoms with E-state index in [-0.39, 0.29) is 56.0 Å². The van der Waals surface area contributed by atoms with Gasteiger partial charge in [-0.1, -0.05) is 25.5 Å². The zero-order valence-electron chi connectivity index (χ0n) is 31.8. The maximum absolute atomic E-state index is 14.3. The maximum Gasteiger partial charge on any atom is 0.389 e. The number of hydrogen-bond acceptors (Lipinski definition) is 8. The molecule has 5 N–H and O–H groups in total. The summed E-state index contributed by atoms with van der Waals surface area (Å²) in [6, 6.07) is 11.2. The molecule has 0 unspecified atom stereocenters. The molecule has 0 radical (unpaired) electrons. The summed E-state index contributed by atoms with van der Waals surface area (Å²) in [5.74, 6) is -1.61. The van der Waals surface area contributed by atoms with Crippen molar-refractivity contribution in [3.05, 3.63) is 48.0 Å². The number of amides is 4. The zero-order valence-corrected chi connectivity index (χ0v) is 31.8. The number of fused-ring (bicyclic) bond motifs is 1. The van der Waals surface area contributed by atoms with Crippen LogP contribution in [0.5, 0.6) is 5.75 Å². The Bertz CT molecular complexity index is 1540. The van der Waals surface area contributed by atoms with Gasteiger partial charge in [0.2, 0.25) is 17.7 Å². The number of likely N-dealkylation sites (N-methyl/N-ethyl adjacent to an activating group) is 1. The Morgan fingerprint density at radius 2 is 1.70 bits per heavy atom. The van der Waals surface area contributed by atoms with Crippen LogP contribution in [0.2, 0.25) is 0 Å². The summed E-state index contributed by atoms with van der Waals surface area (Å²) >= 11 is 0. The Morgan fingerprint density at radius 1 is 1.02 bits per heavy atom. The second kappa shape index (κ2) is 21.5. The van der Waals surface area contributed by atoms with E-state index in [9.17, 15) is 37.5 Å². The monoisotopic (exact) mass is 763 g/mol. The smallest absolute Gasteiger partial charge is 0.389 e. The van der Waals surface area contributed by atoms with Crippen LogP contribution < -0.4 is 21.1 Å². The lowest BCUT2D eigenvalue weighted by atomic mass is 10.0. The lowest BCUT2D eigenvalue weighted by Crippen LogP contribution is -2.48. The van der Waals surface area contributed by atoms with Crippen LogP contribution in [0.15, 0.2) is 42.5 Å². The van der Waals surface area contributed by atoms with Gasteiger partial charge in [-0.2, -0.15) is 13.2 Å². The van der Waals surface area contributed by atoms with E-state index >= 15 is 0 Å². The van der Waals surface area contributed by atoms with Crippen molar-refractivity contribution in [2.75, 3.05) is 49.7 Å². The van der Waals surface area contributed by atoms with Crippen molar-refractivity contribution < 1.29 is 46.9 Å². The first kappa shape index (κ1) is 44.0. The second-order valence-electron chi connectivity index (χ2n) is 14.1. The van der Waals surface area contributed by atoms with Gasteiger partial charge in [0.15, 0.2) is 0 Å². The molecule has 4 amide bonds. The lowest BCUT2D eigenvalue weighted by molar-refractivity contribution is -0.149. The standard InChI is InChI=1S/C39H56F3N5O7/c1-26-23-47(27(2)25-48)38(52)30-22-29(44-35(49)15-6-5-7-16-36(50)45-32-14-9-8-13-31(32)43)17-18-33(30)54-28(3)12-10-11-21-53-34(26)24-46(4)37(51)19-20-39(40,41)42/h8-9,13-14,17-18,22,26-28,34,48H,5-7,10-12,15-16,19-21,23-25,43H2,1-4H3,(H,44,49)(H,45,50)/t26-,27+,28+,34+/m0/s1. The Morgan fingerprint density at radius 3 is 2.37 bits per heavy atom. The summed E-state index contributed by atoms with van der Waals surface area (Å²) in [6.45, 7) is 5.51. The number of hydrogen-bond donors (Lipinski definition) is 4. The zero-order chi connectivity index (χ0) is 39.8. The number of aliphatic hydroxyl groups is 1. The molecule has 2 aromatic carbocycles. The summed E-state index contributed by atoms with van der Waals surface area (Å²) in [4.78, 5) is 54.8. The van der Waals surface area contributed by atoms with E-state index in [1.54, 1.807) is 49.4 Å². The molecule has 1 heterocycles. The van der Waals surface area contributed by atoms with E-state index in [0.717, 1.165) is 6.42 Å². The largest absolute Gasteiger partial charge is 0.490 e. The number of rotatable bonds is 14. The topological polar surface area (TPSA) is 164 Å². The molecular formula is C39H56F3N5O7. The highest BCUT2D eigenvalue weighted by atomic mass is 19.4. The molecule has 0 saturated heterocycles. The van der Waals surface area contributed by atoms with Gasteiger partial charge in [-0.25, -0.2) is 0 Å². The number of nitrogens with one attached hydrogen (secondary N) is 2. The normalized spacial score (nSPS) is 19.1. The van der Waals surface area contributed by atoms with E-state index in [4.69, 9.17) is 15.2 Å². The molecule has 300 valence electrons. The SMILES string of the molecule is C[C@@H]1CCCCO[C@H](CN(C)C(=O)CCC(F)(F)F)[C@@H](C)CN([C@H](C)CO)C(=O)c2cc(NC(=O)CCCCCC(=O)Nc3ccccc3N)ccc2O1. The highest BCUT2D eigenvalue weighted by molar-refractivity contribution is 6.00. The molecule has 0 spiro atoms. The fourth-order valence-corrected chi connectivity index (χ4v) is 6.07. The van der Waals surface area contributed by atoms with Gasteiger partial charge in [-0.05, 0) is 76.3 Å². The Kier molecular flexibility index (Phi) is 17.5. The Balaban J connectivity index is 1.71. The van der Waals surface area contributed by atoms with Crippen LogP contribution in [0.4, 0.5) is 30.2 Å². The predicted octanol–water partition coefficient (Wildman–Crippen LogP) is 6.39. The van der Waals surface area contributed by atoms with Crippen molar-refractivity contribution in [3.63, 3.8) is 0 Å². The van der Waals surface area contributed by atoms with Crippen LogP contribution in [-0.4, -0.2) is 96.3 Å². The summed E-state index contributed by atoms with van der Waals surface area (Å²) < 4.78 is 50.8. The highest BCUT2D eigenvalue weighted by Crippen LogP contribution is 2.29. The number of nitrogen functional groups attached to an aromatic ring is 1. The number of carbonyl (C=O) groups is 4. The van der Waals surface area contributed by atoms with E-state index in [1.807, 2.05) is 13.8 Å². The molecule has 1 aliphatic rings. The predicted molar refractivity (Wildman–Crippen MR) is 201 cm³/mol. The number of alkyl halides is 3. The van der Waals surface area contributed by atoms with Gasteiger partial charge in [0.25, 0.3) is 5.91 Å². The Labute approximate surface area is 315 Å². The molecule has 2 aromatic rings. The molecule has 0 fully saturated rings. The third-order valence-corrected chi connectivity index (χ3v) is 9.38. The second-order valence-corrected chi connectivity index (χ2v) is 14.1. The van der Waals surface area contributed by atoms with Gasteiger partial charge in [0.1, 0.15) is 5.75 Å². The lowest BCUT2D eigenvalue weighted by Gasteiger charge is -2.36. The summed E-state index contributed by atoms with van der Waals surface area (Å²) in [6.07, 6.45) is -2.92. The third-order valence-electron chi connectivity index (χ3n) is 9.38. The van der Waals surface area contributed by atoms with E-state index in [0.29, 0.717) is 61.5 Å². The minimum absolute atomic E-state index is 0.0235. The number of aliphatic hydroxyl groups excluding tert-OH is 1. The average Bonchev–Trinajstić information content (AvgIpc) is 3.12. The molecule has 0 aliphatic carbocycles. The number of para-hydroxylation sites is 2. The minimum Gasteiger partial charge on any atom is -0.490 e. The summed E-state index contributed by atoms with van der Waals surface area (Å²) in [7, 11) is 1.44. The molecular weight excluding hydrogens is 707 g/mol. The first-order chi connectivity index (χ1) is 25.6. The molecule has 12 nitrogen and oxygen atoms in total. The molecule has 3 rings (SSSR count). The van der Waals surface area contributed by atoms with E-state index in [2.05, 4.69) is 10.6 Å². The fourth-order valence-electron chi connectivity index (χ4n) is 6.07. The van der Waals surface area contributed by atoms with E-state index < -0.39 is 48.9 Å². The molecule has 54 heavy (non-hydrogen) atoms. The highest BCUT2D eigenvalue weighted by Gasteiger charge is 2.32. The van der Waals surface area contributed by atoms with Crippen molar-refractivity contribution in [1.82, 2.24) is 9.80 Å². The van der Waals surface area contributed by atoms with Gasteiger partial charge < -0.3 is 40.7 Å². The number of halogens is 3. The van der Waals surface area contributed by atoms with Gasteiger partial charge >= 0.3 is 6.18 Å². The van der Waals surface area contributed by atoms with E-state index in [1.165, 1.54) is 16.8 Å².